The van der Waals surface area contributed by atoms with Gasteiger partial charge in [0.05, 0.1) is 6.61 Å². The molecule has 1 atom stereocenters. The summed E-state index contributed by atoms with van der Waals surface area (Å²) in [5.41, 5.74) is 0. The second-order valence-electron chi connectivity index (χ2n) is 8.03. The first kappa shape index (κ1) is 20.4. The number of amides is 1. The van der Waals surface area contributed by atoms with Gasteiger partial charge in [-0.15, -0.1) is 0 Å². The fraction of sp³-hybridized carbons (Fsp3) is 0.900. The van der Waals surface area contributed by atoms with E-state index in [-0.39, 0.29) is 0 Å². The Morgan fingerprint density at radius 2 is 1.89 bits per heavy atom. The van der Waals surface area contributed by atoms with Crippen molar-refractivity contribution in [2.45, 2.75) is 32.6 Å². The predicted octanol–water partition coefficient (Wildman–Crippen LogP) is 0.865. The average Bonchev–Trinajstić information content (AvgIpc) is 3.11. The van der Waals surface area contributed by atoms with Crippen molar-refractivity contribution < 1.29 is 9.53 Å². The van der Waals surface area contributed by atoms with Crippen molar-refractivity contribution >= 4 is 11.9 Å². The first-order valence-corrected chi connectivity index (χ1v) is 10.8. The highest BCUT2D eigenvalue weighted by Gasteiger charge is 2.31. The van der Waals surface area contributed by atoms with E-state index in [4.69, 9.17) is 4.74 Å². The van der Waals surface area contributed by atoms with Gasteiger partial charge in [-0.05, 0) is 26.2 Å². The molecule has 0 aromatic heterocycles. The van der Waals surface area contributed by atoms with Crippen LogP contribution in [0.25, 0.3) is 0 Å². The molecule has 1 saturated carbocycles. The number of likely N-dealkylation sites (tertiary alicyclic amines) is 1. The average molecular weight is 380 g/mol. The van der Waals surface area contributed by atoms with Crippen molar-refractivity contribution in [3.63, 3.8) is 0 Å². The van der Waals surface area contributed by atoms with Gasteiger partial charge in [0.2, 0.25) is 5.91 Å². The monoisotopic (exact) mass is 379 g/mol. The summed E-state index contributed by atoms with van der Waals surface area (Å²) in [6.07, 6.45) is 4.61. The van der Waals surface area contributed by atoms with Crippen LogP contribution in [-0.4, -0.2) is 99.2 Å². The third-order valence-corrected chi connectivity index (χ3v) is 6.20. The zero-order valence-corrected chi connectivity index (χ0v) is 17.2. The number of nitrogens with one attached hydrogen (secondary N) is 1. The van der Waals surface area contributed by atoms with Gasteiger partial charge in [0.1, 0.15) is 0 Å². The highest BCUT2D eigenvalue weighted by atomic mass is 16.5. The first-order chi connectivity index (χ1) is 13.2. The Kier molecular flexibility index (Phi) is 7.76. The topological polar surface area (TPSA) is 60.4 Å². The van der Waals surface area contributed by atoms with Crippen molar-refractivity contribution in [1.29, 1.82) is 0 Å². The van der Waals surface area contributed by atoms with Crippen LogP contribution >= 0.6 is 0 Å². The Morgan fingerprint density at radius 1 is 1.11 bits per heavy atom. The lowest BCUT2D eigenvalue weighted by atomic mass is 9.84. The summed E-state index contributed by atoms with van der Waals surface area (Å²) in [5.74, 6) is 2.35. The quantitative estimate of drug-likeness (QED) is 0.525. The third-order valence-electron chi connectivity index (χ3n) is 6.20. The molecule has 2 aliphatic heterocycles. The van der Waals surface area contributed by atoms with Crippen LogP contribution in [0.4, 0.5) is 0 Å². The molecule has 1 amide bonds. The number of nitrogens with zero attached hydrogens (tertiary/aromatic N) is 4. The van der Waals surface area contributed by atoms with E-state index in [1.807, 2.05) is 7.05 Å². The van der Waals surface area contributed by atoms with Crippen molar-refractivity contribution in [2.75, 3.05) is 72.6 Å². The Bertz CT molecular complexity index is 501. The molecule has 0 aromatic carbocycles. The van der Waals surface area contributed by atoms with Gasteiger partial charge >= 0.3 is 0 Å². The Balaban J connectivity index is 1.32. The van der Waals surface area contributed by atoms with Gasteiger partial charge in [-0.25, -0.2) is 0 Å². The molecule has 7 nitrogen and oxygen atoms in total. The van der Waals surface area contributed by atoms with Crippen LogP contribution in [0.15, 0.2) is 4.99 Å². The van der Waals surface area contributed by atoms with Crippen LogP contribution in [0.5, 0.6) is 0 Å². The molecule has 3 fully saturated rings. The molecule has 7 heteroatoms. The number of ether oxygens (including phenoxy) is 1. The number of rotatable bonds is 7. The molecule has 0 aromatic rings. The fourth-order valence-electron chi connectivity index (χ4n) is 4.21. The van der Waals surface area contributed by atoms with Gasteiger partial charge in [0.25, 0.3) is 0 Å². The standard InChI is InChI=1S/C20H37N5O2/c1-3-27-16-17-7-9-25(15-17)20(21-2)22-8-10-23-11-13-24(14-12-23)19(26)18-5-4-6-18/h17-18H,3-16H2,1-2H3,(H,21,22). The van der Waals surface area contributed by atoms with Crippen molar-refractivity contribution in [1.82, 2.24) is 20.0 Å². The maximum absolute atomic E-state index is 12.3. The molecule has 0 radical (unpaired) electrons. The van der Waals surface area contributed by atoms with Crippen LogP contribution in [-0.2, 0) is 9.53 Å². The lowest BCUT2D eigenvalue weighted by molar-refractivity contribution is -0.139. The van der Waals surface area contributed by atoms with Gasteiger partial charge in [0.15, 0.2) is 5.96 Å². The van der Waals surface area contributed by atoms with E-state index in [1.54, 1.807) is 0 Å². The minimum Gasteiger partial charge on any atom is -0.381 e. The van der Waals surface area contributed by atoms with Crippen LogP contribution in [0.2, 0.25) is 0 Å². The van der Waals surface area contributed by atoms with Gasteiger partial charge < -0.3 is 19.9 Å². The van der Waals surface area contributed by atoms with E-state index in [9.17, 15) is 4.79 Å². The largest absolute Gasteiger partial charge is 0.381 e. The Hall–Kier alpha value is -1.34. The predicted molar refractivity (Wildman–Crippen MR) is 108 cm³/mol. The highest BCUT2D eigenvalue weighted by Crippen LogP contribution is 2.28. The molecular weight excluding hydrogens is 342 g/mol. The molecule has 3 aliphatic rings. The lowest BCUT2D eigenvalue weighted by Gasteiger charge is -2.38. The Morgan fingerprint density at radius 3 is 2.52 bits per heavy atom. The highest BCUT2D eigenvalue weighted by molar-refractivity contribution is 5.80. The van der Waals surface area contributed by atoms with Gasteiger partial charge in [-0.1, -0.05) is 6.42 Å². The molecule has 1 aliphatic carbocycles. The molecule has 1 N–H and O–H groups in total. The summed E-state index contributed by atoms with van der Waals surface area (Å²) >= 11 is 0. The van der Waals surface area contributed by atoms with Crippen LogP contribution < -0.4 is 5.32 Å². The third kappa shape index (κ3) is 5.57. The second kappa shape index (κ2) is 10.3. The molecule has 2 heterocycles. The Labute approximate surface area is 164 Å². The minimum absolute atomic E-state index is 0.327. The molecule has 0 bridgehead atoms. The summed E-state index contributed by atoms with van der Waals surface area (Å²) in [7, 11) is 1.86. The summed E-state index contributed by atoms with van der Waals surface area (Å²) in [6.45, 7) is 11.4. The second-order valence-corrected chi connectivity index (χ2v) is 8.03. The maximum Gasteiger partial charge on any atom is 0.225 e. The molecular formula is C20H37N5O2. The van der Waals surface area contributed by atoms with E-state index >= 15 is 0 Å². The van der Waals surface area contributed by atoms with Crippen LogP contribution in [0, 0.1) is 11.8 Å². The summed E-state index contributed by atoms with van der Waals surface area (Å²) in [6, 6.07) is 0. The summed E-state index contributed by atoms with van der Waals surface area (Å²) in [5, 5.41) is 3.52. The number of guanidine groups is 1. The fourth-order valence-corrected chi connectivity index (χ4v) is 4.21. The lowest BCUT2D eigenvalue weighted by Crippen LogP contribution is -2.52. The first-order valence-electron chi connectivity index (χ1n) is 10.8. The molecule has 0 spiro atoms. The number of aliphatic imine (C=N–C) groups is 1. The number of hydrogen-bond acceptors (Lipinski definition) is 4. The van der Waals surface area contributed by atoms with Crippen molar-refractivity contribution in [3.05, 3.63) is 0 Å². The van der Waals surface area contributed by atoms with E-state index in [0.717, 1.165) is 84.4 Å². The smallest absolute Gasteiger partial charge is 0.225 e. The number of piperazine rings is 1. The normalized spacial score (nSPS) is 25.0. The summed E-state index contributed by atoms with van der Waals surface area (Å²) < 4.78 is 5.57. The number of carbonyl (C=O) groups excluding carboxylic acids is 1. The van der Waals surface area contributed by atoms with E-state index in [0.29, 0.717) is 17.7 Å². The zero-order valence-electron chi connectivity index (χ0n) is 17.2. The van der Waals surface area contributed by atoms with Crippen molar-refractivity contribution in [3.8, 4) is 0 Å². The van der Waals surface area contributed by atoms with Crippen LogP contribution in [0.3, 0.4) is 0 Å². The molecule has 27 heavy (non-hydrogen) atoms. The molecule has 154 valence electrons. The van der Waals surface area contributed by atoms with Gasteiger partial charge in [-0.3, -0.25) is 14.7 Å². The number of hydrogen-bond donors (Lipinski definition) is 1. The van der Waals surface area contributed by atoms with Gasteiger partial charge in [-0.2, -0.15) is 0 Å². The van der Waals surface area contributed by atoms with Gasteiger partial charge in [0, 0.05) is 77.8 Å². The van der Waals surface area contributed by atoms with E-state index < -0.39 is 0 Å². The molecule has 1 unspecified atom stereocenters. The molecule has 3 rings (SSSR count). The maximum atomic E-state index is 12.3. The zero-order chi connectivity index (χ0) is 19.1. The van der Waals surface area contributed by atoms with Crippen LogP contribution in [0.1, 0.15) is 32.6 Å². The number of carbonyl (C=O) groups is 1. The van der Waals surface area contributed by atoms with E-state index in [2.05, 4.69) is 31.9 Å². The minimum atomic E-state index is 0.327. The molecule has 2 saturated heterocycles. The summed E-state index contributed by atoms with van der Waals surface area (Å²) in [4.78, 5) is 23.7. The SMILES string of the molecule is CCOCC1CCN(C(=NC)NCCN2CCN(C(=O)C3CCC3)CC2)C1. The van der Waals surface area contributed by atoms with E-state index in [1.165, 1.54) is 12.8 Å². The van der Waals surface area contributed by atoms with Crippen molar-refractivity contribution in [2.24, 2.45) is 16.8 Å².